The van der Waals surface area contributed by atoms with Crippen LogP contribution in [-0.4, -0.2) is 37.1 Å². The number of nitrogens with two attached hydrogens (primary N) is 1. The van der Waals surface area contributed by atoms with Crippen LogP contribution >= 0.6 is 11.9 Å². The van der Waals surface area contributed by atoms with Crippen molar-refractivity contribution in [3.05, 3.63) is 71.5 Å². The molecule has 0 aliphatic carbocycles. The smallest absolute Gasteiger partial charge is 0.126 e. The van der Waals surface area contributed by atoms with E-state index in [9.17, 15) is 4.39 Å². The molecule has 0 aromatic heterocycles. The molecule has 3 rings (SSSR count). The molecular formula is C23H34FN3S. The first-order valence-electron chi connectivity index (χ1n) is 10.2. The van der Waals surface area contributed by atoms with E-state index < -0.39 is 0 Å². The minimum absolute atomic E-state index is 0.0394. The summed E-state index contributed by atoms with van der Waals surface area (Å²) in [5, 5.41) is 0. The van der Waals surface area contributed by atoms with Crippen LogP contribution in [0.15, 0.2) is 54.6 Å². The number of benzene rings is 2. The highest BCUT2D eigenvalue weighted by atomic mass is 32.2. The zero-order valence-corrected chi connectivity index (χ0v) is 17.9. The van der Waals surface area contributed by atoms with Gasteiger partial charge in [-0.25, -0.2) is 4.39 Å². The normalized spacial score (nSPS) is 16.3. The fourth-order valence-electron chi connectivity index (χ4n) is 3.53. The van der Waals surface area contributed by atoms with E-state index in [4.69, 9.17) is 5.73 Å². The predicted molar refractivity (Wildman–Crippen MR) is 120 cm³/mol. The van der Waals surface area contributed by atoms with Crippen molar-refractivity contribution >= 4 is 11.9 Å². The minimum Gasteiger partial charge on any atom is -0.327 e. The summed E-state index contributed by atoms with van der Waals surface area (Å²) in [6.45, 7) is 4.60. The molecule has 1 saturated heterocycles. The van der Waals surface area contributed by atoms with Crippen molar-refractivity contribution in [1.29, 1.82) is 0 Å². The quantitative estimate of drug-likeness (QED) is 0.631. The van der Waals surface area contributed by atoms with Gasteiger partial charge in [-0.2, -0.15) is 0 Å². The summed E-state index contributed by atoms with van der Waals surface area (Å²) in [5.41, 5.74) is 8.25. The van der Waals surface area contributed by atoms with Gasteiger partial charge in [0.1, 0.15) is 5.82 Å². The zero-order chi connectivity index (χ0) is 20.2. The third kappa shape index (κ3) is 8.31. The molecule has 0 saturated carbocycles. The van der Waals surface area contributed by atoms with E-state index in [2.05, 4.69) is 40.8 Å². The number of hydrogen-bond donors (Lipinski definition) is 2. The fourth-order valence-corrected chi connectivity index (χ4v) is 4.03. The summed E-state index contributed by atoms with van der Waals surface area (Å²) < 4.78 is 16.6. The summed E-state index contributed by atoms with van der Waals surface area (Å²) in [6.07, 6.45) is 4.17. The first-order chi connectivity index (χ1) is 13.6. The molecule has 0 spiro atoms. The highest BCUT2D eigenvalue weighted by molar-refractivity contribution is 7.96. The van der Waals surface area contributed by atoms with Crippen LogP contribution in [0.1, 0.15) is 37.3 Å². The highest BCUT2D eigenvalue weighted by Crippen LogP contribution is 2.17. The second-order valence-corrected chi connectivity index (χ2v) is 8.35. The van der Waals surface area contributed by atoms with Crippen molar-refractivity contribution in [1.82, 2.24) is 9.62 Å². The van der Waals surface area contributed by atoms with Gasteiger partial charge in [0.05, 0.1) is 0 Å². The predicted octanol–water partition coefficient (Wildman–Crippen LogP) is 4.62. The van der Waals surface area contributed by atoms with Gasteiger partial charge in [0, 0.05) is 17.8 Å². The van der Waals surface area contributed by atoms with E-state index in [-0.39, 0.29) is 11.9 Å². The highest BCUT2D eigenvalue weighted by Gasteiger charge is 2.20. The summed E-state index contributed by atoms with van der Waals surface area (Å²) in [7, 11) is 1.94. The fraction of sp³-hybridized carbons (Fsp3) is 0.478. The standard InChI is InChI=1S/C15H23FN2.C8H11NS/c1-12(18-8-4-5-9-18)10-14(17)11-13-6-2-3-7-15(13)16;1-9-10-7-8-5-3-2-4-6-8/h2-3,6-7,12,14H,4-5,8-11,17H2,1H3;2-6,9H,7H2,1H3. The van der Waals surface area contributed by atoms with Crippen LogP contribution in [0.4, 0.5) is 4.39 Å². The Morgan fingerprint density at radius 2 is 1.71 bits per heavy atom. The first-order valence-corrected chi connectivity index (χ1v) is 11.1. The Labute approximate surface area is 174 Å². The minimum atomic E-state index is -0.137. The Kier molecular flexibility index (Phi) is 10.6. The molecule has 3 nitrogen and oxygen atoms in total. The number of likely N-dealkylation sites (tertiary alicyclic amines) is 1. The molecule has 2 aromatic carbocycles. The van der Waals surface area contributed by atoms with Crippen LogP contribution in [0.3, 0.4) is 0 Å². The van der Waals surface area contributed by atoms with Gasteiger partial charge in [-0.3, -0.25) is 4.72 Å². The molecule has 5 heteroatoms. The molecule has 2 unspecified atom stereocenters. The second kappa shape index (κ2) is 12.9. The van der Waals surface area contributed by atoms with Gasteiger partial charge in [-0.1, -0.05) is 60.5 Å². The Morgan fingerprint density at radius 1 is 1.07 bits per heavy atom. The molecule has 1 aliphatic heterocycles. The number of rotatable bonds is 8. The maximum Gasteiger partial charge on any atom is 0.126 e. The van der Waals surface area contributed by atoms with Crippen LogP contribution < -0.4 is 10.5 Å². The molecule has 3 N–H and O–H groups in total. The topological polar surface area (TPSA) is 41.3 Å². The lowest BCUT2D eigenvalue weighted by Crippen LogP contribution is -2.37. The number of hydrogen-bond acceptors (Lipinski definition) is 4. The zero-order valence-electron chi connectivity index (χ0n) is 17.1. The lowest BCUT2D eigenvalue weighted by molar-refractivity contribution is 0.235. The maximum absolute atomic E-state index is 13.5. The lowest BCUT2D eigenvalue weighted by Gasteiger charge is -2.26. The average molecular weight is 404 g/mol. The Morgan fingerprint density at radius 3 is 2.36 bits per heavy atom. The number of halogens is 1. The van der Waals surface area contributed by atoms with E-state index in [0.717, 1.165) is 17.7 Å². The molecule has 154 valence electrons. The van der Waals surface area contributed by atoms with Crippen molar-refractivity contribution in [3.8, 4) is 0 Å². The molecule has 1 fully saturated rings. The monoisotopic (exact) mass is 403 g/mol. The Hall–Kier alpha value is -1.40. The largest absolute Gasteiger partial charge is 0.327 e. The first kappa shape index (κ1) is 22.9. The van der Waals surface area contributed by atoms with Crippen molar-refractivity contribution in [3.63, 3.8) is 0 Å². The summed E-state index contributed by atoms with van der Waals surface area (Å²) >= 11 is 1.71. The van der Waals surface area contributed by atoms with Gasteiger partial charge in [0.15, 0.2) is 0 Å². The van der Waals surface area contributed by atoms with Crippen molar-refractivity contribution < 1.29 is 4.39 Å². The van der Waals surface area contributed by atoms with Crippen molar-refractivity contribution in [2.45, 2.75) is 50.4 Å². The maximum atomic E-state index is 13.5. The van der Waals surface area contributed by atoms with Gasteiger partial charge in [-0.05, 0) is 69.9 Å². The lowest BCUT2D eigenvalue weighted by atomic mass is 10.00. The van der Waals surface area contributed by atoms with Crippen LogP contribution in [-0.2, 0) is 12.2 Å². The summed E-state index contributed by atoms with van der Waals surface area (Å²) in [5.74, 6) is 0.902. The Bertz CT molecular complexity index is 662. The number of nitrogens with zero attached hydrogens (tertiary/aromatic N) is 1. The van der Waals surface area contributed by atoms with E-state index in [1.807, 2.05) is 25.2 Å². The molecule has 0 bridgehead atoms. The third-order valence-corrected chi connectivity index (χ3v) is 5.84. The molecule has 28 heavy (non-hydrogen) atoms. The molecular weight excluding hydrogens is 369 g/mol. The van der Waals surface area contributed by atoms with Gasteiger partial charge in [0.25, 0.3) is 0 Å². The summed E-state index contributed by atoms with van der Waals surface area (Å²) in [4.78, 5) is 2.49. The molecule has 0 amide bonds. The number of nitrogens with one attached hydrogen (secondary N) is 1. The van der Waals surface area contributed by atoms with Crippen LogP contribution in [0.2, 0.25) is 0 Å². The SMILES string of the molecule is CC(CC(N)Cc1ccccc1F)N1CCCC1.CNSCc1ccccc1. The molecule has 0 radical (unpaired) electrons. The van der Waals surface area contributed by atoms with E-state index in [1.54, 1.807) is 18.0 Å². The van der Waals surface area contributed by atoms with E-state index >= 15 is 0 Å². The van der Waals surface area contributed by atoms with Gasteiger partial charge in [-0.15, -0.1) is 0 Å². The van der Waals surface area contributed by atoms with Crippen molar-refractivity contribution in [2.24, 2.45) is 5.73 Å². The molecule has 1 heterocycles. The molecule has 2 aromatic rings. The van der Waals surface area contributed by atoms with Crippen LogP contribution in [0.25, 0.3) is 0 Å². The van der Waals surface area contributed by atoms with Gasteiger partial charge >= 0.3 is 0 Å². The second-order valence-electron chi connectivity index (χ2n) is 7.36. The average Bonchev–Trinajstić information content (AvgIpc) is 3.24. The Balaban J connectivity index is 0.000000237. The van der Waals surface area contributed by atoms with E-state index in [1.165, 1.54) is 37.6 Å². The van der Waals surface area contributed by atoms with E-state index in [0.29, 0.717) is 12.5 Å². The van der Waals surface area contributed by atoms with Crippen molar-refractivity contribution in [2.75, 3.05) is 20.1 Å². The molecule has 2 atom stereocenters. The summed E-state index contributed by atoms with van der Waals surface area (Å²) in [6, 6.07) is 17.9. The third-order valence-electron chi connectivity index (χ3n) is 5.07. The van der Waals surface area contributed by atoms with Crippen LogP contribution in [0.5, 0.6) is 0 Å². The van der Waals surface area contributed by atoms with Gasteiger partial charge < -0.3 is 10.6 Å². The van der Waals surface area contributed by atoms with Gasteiger partial charge in [0.2, 0.25) is 0 Å². The van der Waals surface area contributed by atoms with Crippen LogP contribution in [0, 0.1) is 5.82 Å². The molecule has 1 aliphatic rings.